The summed E-state index contributed by atoms with van der Waals surface area (Å²) in [6, 6.07) is 11.3. The van der Waals surface area contributed by atoms with Crippen molar-refractivity contribution in [3.63, 3.8) is 0 Å². The molecule has 3 nitrogen and oxygen atoms in total. The Bertz CT molecular complexity index is 408. The monoisotopic (exact) mass is 273 g/mol. The van der Waals surface area contributed by atoms with Crippen molar-refractivity contribution in [2.24, 2.45) is 11.7 Å². The molecule has 1 aromatic rings. The van der Waals surface area contributed by atoms with Crippen molar-refractivity contribution in [2.45, 2.75) is 45.1 Å². The summed E-state index contributed by atoms with van der Waals surface area (Å²) in [5, 5.41) is 7.49. The lowest BCUT2D eigenvalue weighted by Gasteiger charge is -2.37. The first-order valence-electron chi connectivity index (χ1n) is 7.80. The van der Waals surface area contributed by atoms with Crippen LogP contribution < -0.4 is 5.73 Å². The van der Waals surface area contributed by atoms with Crippen molar-refractivity contribution in [3.05, 3.63) is 35.9 Å². The maximum atomic E-state index is 7.49. The van der Waals surface area contributed by atoms with Crippen LogP contribution in [0.2, 0.25) is 0 Å². The van der Waals surface area contributed by atoms with Crippen LogP contribution in [-0.2, 0) is 6.42 Å². The molecular formula is C17H27N3. The molecule has 1 aliphatic rings. The summed E-state index contributed by atoms with van der Waals surface area (Å²) in [6.45, 7) is 4.51. The molecule has 0 saturated carbocycles. The van der Waals surface area contributed by atoms with Crippen LogP contribution in [0, 0.1) is 11.3 Å². The van der Waals surface area contributed by atoms with E-state index >= 15 is 0 Å². The second kappa shape index (κ2) is 7.44. The molecule has 1 atom stereocenters. The highest BCUT2D eigenvalue weighted by Crippen LogP contribution is 2.24. The van der Waals surface area contributed by atoms with E-state index in [1.807, 2.05) is 0 Å². The van der Waals surface area contributed by atoms with Gasteiger partial charge in [-0.1, -0.05) is 37.3 Å². The molecule has 0 bridgehead atoms. The Balaban J connectivity index is 1.81. The van der Waals surface area contributed by atoms with Crippen LogP contribution in [0.4, 0.5) is 0 Å². The summed E-state index contributed by atoms with van der Waals surface area (Å²) in [7, 11) is 0. The van der Waals surface area contributed by atoms with Crippen molar-refractivity contribution in [1.82, 2.24) is 4.90 Å². The maximum Gasteiger partial charge on any atom is 0.0921 e. The molecule has 1 heterocycles. The highest BCUT2D eigenvalue weighted by atomic mass is 15.2. The first-order valence-corrected chi connectivity index (χ1v) is 7.80. The zero-order valence-electron chi connectivity index (χ0n) is 12.5. The second-order valence-corrected chi connectivity index (χ2v) is 5.96. The minimum atomic E-state index is 0.322. The fraction of sp³-hybridized carbons (Fsp3) is 0.588. The van der Waals surface area contributed by atoms with Crippen LogP contribution in [0.25, 0.3) is 0 Å². The fourth-order valence-electron chi connectivity index (χ4n) is 3.26. The summed E-state index contributed by atoms with van der Waals surface area (Å²) >= 11 is 0. The number of nitrogens with one attached hydrogen (secondary N) is 1. The average molecular weight is 273 g/mol. The summed E-state index contributed by atoms with van der Waals surface area (Å²) in [4.78, 5) is 2.53. The van der Waals surface area contributed by atoms with E-state index in [1.54, 1.807) is 0 Å². The smallest absolute Gasteiger partial charge is 0.0921 e. The van der Waals surface area contributed by atoms with Crippen LogP contribution >= 0.6 is 0 Å². The van der Waals surface area contributed by atoms with E-state index in [-0.39, 0.29) is 0 Å². The third-order valence-corrected chi connectivity index (χ3v) is 4.46. The van der Waals surface area contributed by atoms with Gasteiger partial charge in [-0.2, -0.15) is 0 Å². The number of nitrogens with zero attached hydrogens (tertiary/aromatic N) is 1. The summed E-state index contributed by atoms with van der Waals surface area (Å²) < 4.78 is 0. The lowest BCUT2D eigenvalue weighted by molar-refractivity contribution is 0.131. The van der Waals surface area contributed by atoms with Gasteiger partial charge in [0.25, 0.3) is 0 Å². The number of rotatable bonds is 6. The Labute approximate surface area is 122 Å². The molecule has 1 fully saturated rings. The number of piperidine rings is 1. The normalized spacial score (nSPS) is 18.9. The summed E-state index contributed by atoms with van der Waals surface area (Å²) in [5.41, 5.74) is 7.02. The predicted octanol–water partition coefficient (Wildman–Crippen LogP) is 3.05. The molecule has 0 amide bonds. The molecule has 1 aliphatic heterocycles. The van der Waals surface area contributed by atoms with Gasteiger partial charge < -0.3 is 5.73 Å². The van der Waals surface area contributed by atoms with Gasteiger partial charge in [0.2, 0.25) is 0 Å². The third kappa shape index (κ3) is 4.34. The van der Waals surface area contributed by atoms with E-state index in [9.17, 15) is 0 Å². The molecule has 0 aromatic heterocycles. The van der Waals surface area contributed by atoms with E-state index in [0.717, 1.165) is 31.8 Å². The molecule has 0 aliphatic carbocycles. The van der Waals surface area contributed by atoms with Crippen molar-refractivity contribution in [2.75, 3.05) is 13.1 Å². The third-order valence-electron chi connectivity index (χ3n) is 4.46. The summed E-state index contributed by atoms with van der Waals surface area (Å²) in [5.74, 6) is 1.13. The molecule has 1 unspecified atom stereocenters. The zero-order chi connectivity index (χ0) is 14.4. The van der Waals surface area contributed by atoms with E-state index < -0.39 is 0 Å². The Morgan fingerprint density at radius 3 is 2.50 bits per heavy atom. The van der Waals surface area contributed by atoms with E-state index in [0.29, 0.717) is 11.9 Å². The maximum absolute atomic E-state index is 7.49. The van der Waals surface area contributed by atoms with Crippen LogP contribution in [0.3, 0.4) is 0 Å². The number of hydrogen-bond acceptors (Lipinski definition) is 2. The number of amidine groups is 1. The topological polar surface area (TPSA) is 53.1 Å². The number of nitrogens with two attached hydrogens (primary N) is 1. The van der Waals surface area contributed by atoms with Gasteiger partial charge in [0.05, 0.1) is 5.84 Å². The van der Waals surface area contributed by atoms with Gasteiger partial charge in [0.15, 0.2) is 0 Å². The van der Waals surface area contributed by atoms with Crippen molar-refractivity contribution >= 4 is 5.84 Å². The molecule has 0 spiro atoms. The summed E-state index contributed by atoms with van der Waals surface area (Å²) in [6.07, 6.45) is 5.55. The van der Waals surface area contributed by atoms with Gasteiger partial charge >= 0.3 is 0 Å². The van der Waals surface area contributed by atoms with Gasteiger partial charge in [-0.25, -0.2) is 0 Å². The van der Waals surface area contributed by atoms with Crippen LogP contribution in [-0.4, -0.2) is 29.9 Å². The van der Waals surface area contributed by atoms with E-state index in [2.05, 4.69) is 42.2 Å². The highest BCUT2D eigenvalue weighted by Gasteiger charge is 2.24. The molecule has 20 heavy (non-hydrogen) atoms. The Morgan fingerprint density at radius 1 is 1.30 bits per heavy atom. The molecule has 2 rings (SSSR count). The second-order valence-electron chi connectivity index (χ2n) is 5.96. The van der Waals surface area contributed by atoms with E-state index in [4.69, 9.17) is 11.1 Å². The number of likely N-dealkylation sites (tertiary alicyclic amines) is 1. The van der Waals surface area contributed by atoms with Gasteiger partial charge in [-0.3, -0.25) is 10.3 Å². The minimum Gasteiger partial charge on any atom is -0.388 e. The molecule has 3 heteroatoms. The Kier molecular flexibility index (Phi) is 5.60. The molecule has 0 radical (unpaired) electrons. The van der Waals surface area contributed by atoms with Gasteiger partial charge in [-0.15, -0.1) is 0 Å². The Hall–Kier alpha value is -1.35. The largest absolute Gasteiger partial charge is 0.388 e. The molecule has 1 saturated heterocycles. The van der Waals surface area contributed by atoms with Gasteiger partial charge in [0, 0.05) is 12.5 Å². The molecule has 3 N–H and O–H groups in total. The highest BCUT2D eigenvalue weighted by molar-refractivity contribution is 5.77. The Morgan fingerprint density at radius 2 is 1.95 bits per heavy atom. The number of hydrogen-bond donors (Lipinski definition) is 2. The lowest BCUT2D eigenvalue weighted by Crippen LogP contribution is -2.43. The lowest BCUT2D eigenvalue weighted by atomic mass is 9.89. The van der Waals surface area contributed by atoms with Crippen molar-refractivity contribution < 1.29 is 0 Å². The van der Waals surface area contributed by atoms with Gasteiger partial charge in [0.1, 0.15) is 0 Å². The van der Waals surface area contributed by atoms with Crippen LogP contribution in [0.15, 0.2) is 30.3 Å². The molecule has 110 valence electrons. The fourth-order valence-corrected chi connectivity index (χ4v) is 3.26. The van der Waals surface area contributed by atoms with E-state index in [1.165, 1.54) is 24.8 Å². The minimum absolute atomic E-state index is 0.322. The molecule has 1 aromatic carbocycles. The van der Waals surface area contributed by atoms with Gasteiger partial charge in [-0.05, 0) is 50.3 Å². The first-order chi connectivity index (χ1) is 9.69. The average Bonchev–Trinajstić information content (AvgIpc) is 2.46. The van der Waals surface area contributed by atoms with Crippen molar-refractivity contribution in [1.29, 1.82) is 5.41 Å². The van der Waals surface area contributed by atoms with Crippen molar-refractivity contribution in [3.8, 4) is 0 Å². The zero-order valence-corrected chi connectivity index (χ0v) is 12.5. The SMILES string of the molecule is CCC(CC(=N)N)N1CCC(Cc2ccccc2)CC1. The predicted molar refractivity (Wildman–Crippen MR) is 85.1 cm³/mol. The van der Waals surface area contributed by atoms with Crippen LogP contribution in [0.5, 0.6) is 0 Å². The number of benzene rings is 1. The molecular weight excluding hydrogens is 246 g/mol. The standard InChI is InChI=1S/C17H27N3/c1-2-16(13-17(18)19)20-10-8-15(9-11-20)12-14-6-4-3-5-7-14/h3-7,15-16H,2,8-13H2,1H3,(H3,18,19). The first kappa shape index (κ1) is 15.0. The quantitative estimate of drug-likeness (QED) is 0.618. The van der Waals surface area contributed by atoms with Crippen LogP contribution in [0.1, 0.15) is 38.2 Å².